The maximum atomic E-state index is 10.4. The first kappa shape index (κ1) is 14.1. The highest BCUT2D eigenvalue weighted by molar-refractivity contribution is 6.29. The third kappa shape index (κ3) is 2.21. The van der Waals surface area contributed by atoms with E-state index in [4.69, 9.17) is 11.6 Å². The number of rotatable bonds is 1. The predicted octanol–water partition coefficient (Wildman–Crippen LogP) is 3.06. The second-order valence-electron chi connectivity index (χ2n) is 6.01. The van der Waals surface area contributed by atoms with Crippen LogP contribution in [0.4, 0.5) is 0 Å². The molecule has 0 radical (unpaired) electrons. The van der Waals surface area contributed by atoms with E-state index in [2.05, 4.69) is 40.6 Å². The molecule has 2 N–H and O–H groups in total. The first-order chi connectivity index (χ1) is 10.8. The highest BCUT2D eigenvalue weighted by Gasteiger charge is 2.36. The normalized spacial score (nSPS) is 27.8. The molecule has 4 rings (SSSR count). The summed E-state index contributed by atoms with van der Waals surface area (Å²) in [5, 5.41) is 14.7. The molecule has 1 aromatic carbocycles. The van der Waals surface area contributed by atoms with Crippen molar-refractivity contribution < 1.29 is 5.11 Å². The van der Waals surface area contributed by atoms with Gasteiger partial charge in [-0.25, -0.2) is 0 Å². The van der Waals surface area contributed by atoms with E-state index in [1.165, 1.54) is 11.1 Å². The van der Waals surface area contributed by atoms with Gasteiger partial charge in [0.05, 0.1) is 12.1 Å². The number of benzene rings is 1. The van der Waals surface area contributed by atoms with Crippen LogP contribution in [0, 0.1) is 0 Å². The van der Waals surface area contributed by atoms with Gasteiger partial charge in [-0.15, -0.1) is 0 Å². The van der Waals surface area contributed by atoms with E-state index in [0.29, 0.717) is 6.42 Å². The van der Waals surface area contributed by atoms with Gasteiger partial charge in [-0.3, -0.25) is 0 Å². The summed E-state index contributed by atoms with van der Waals surface area (Å²) >= 11 is 6.58. The molecule has 1 saturated heterocycles. The Hall–Kier alpha value is -1.55. The third-order valence-electron chi connectivity index (χ3n) is 4.71. The van der Waals surface area contributed by atoms with Gasteiger partial charge in [-0.05, 0) is 35.6 Å². The van der Waals surface area contributed by atoms with Crippen LogP contribution in [-0.4, -0.2) is 29.2 Å². The molecule has 1 fully saturated rings. The Morgan fingerprint density at radius 3 is 2.82 bits per heavy atom. The summed E-state index contributed by atoms with van der Waals surface area (Å²) in [6, 6.07) is 10.6. The van der Waals surface area contributed by atoms with Crippen LogP contribution < -0.4 is 5.32 Å². The molecule has 2 unspecified atom stereocenters. The smallest absolute Gasteiger partial charge is 0.106 e. The van der Waals surface area contributed by atoms with Gasteiger partial charge >= 0.3 is 0 Å². The molecule has 0 amide bonds. The molecular formula is C18H19ClN2O. The van der Waals surface area contributed by atoms with Crippen molar-refractivity contribution in [2.24, 2.45) is 0 Å². The largest absolute Gasteiger partial charge is 0.388 e. The minimum absolute atomic E-state index is 0.145. The summed E-state index contributed by atoms with van der Waals surface area (Å²) in [6.45, 7) is 1.66. The third-order valence-corrected chi connectivity index (χ3v) is 5.05. The predicted molar refractivity (Wildman–Crippen MR) is 88.2 cm³/mol. The molecule has 2 heterocycles. The van der Waals surface area contributed by atoms with Crippen molar-refractivity contribution in [1.82, 2.24) is 10.2 Å². The highest BCUT2D eigenvalue weighted by Crippen LogP contribution is 2.43. The maximum absolute atomic E-state index is 10.4. The van der Waals surface area contributed by atoms with Crippen molar-refractivity contribution in [3.8, 4) is 0 Å². The van der Waals surface area contributed by atoms with E-state index in [-0.39, 0.29) is 6.04 Å². The van der Waals surface area contributed by atoms with Gasteiger partial charge in [0.25, 0.3) is 0 Å². The van der Waals surface area contributed by atoms with Crippen LogP contribution in [0.15, 0.2) is 64.5 Å². The zero-order valence-corrected chi connectivity index (χ0v) is 13.1. The lowest BCUT2D eigenvalue weighted by Crippen LogP contribution is -2.34. The molecule has 2 aliphatic heterocycles. The first-order valence-electron chi connectivity index (χ1n) is 7.77. The van der Waals surface area contributed by atoms with Crippen LogP contribution in [-0.2, 0) is 0 Å². The fourth-order valence-electron chi connectivity index (χ4n) is 3.64. The molecule has 22 heavy (non-hydrogen) atoms. The average molecular weight is 315 g/mol. The van der Waals surface area contributed by atoms with E-state index in [1.54, 1.807) is 0 Å². The molecular weight excluding hydrogens is 296 g/mol. The van der Waals surface area contributed by atoms with Gasteiger partial charge in [0, 0.05) is 18.8 Å². The van der Waals surface area contributed by atoms with E-state index >= 15 is 0 Å². The van der Waals surface area contributed by atoms with Gasteiger partial charge in [0.2, 0.25) is 0 Å². The number of hydrogen-bond donors (Lipinski definition) is 2. The van der Waals surface area contributed by atoms with E-state index in [0.717, 1.165) is 35.9 Å². The zero-order valence-electron chi connectivity index (χ0n) is 12.3. The molecule has 2 atom stereocenters. The fourth-order valence-corrected chi connectivity index (χ4v) is 3.92. The number of allylic oxidation sites excluding steroid dienone is 1. The molecule has 3 nitrogen and oxygen atoms in total. The number of nitrogens with one attached hydrogen (secondary N) is 1. The lowest BCUT2D eigenvalue weighted by molar-refractivity contribution is 0.199. The minimum atomic E-state index is -0.392. The van der Waals surface area contributed by atoms with Crippen LogP contribution in [0.3, 0.4) is 0 Å². The monoisotopic (exact) mass is 314 g/mol. The molecule has 4 heteroatoms. The summed E-state index contributed by atoms with van der Waals surface area (Å²) < 4.78 is 0. The van der Waals surface area contributed by atoms with Crippen molar-refractivity contribution in [1.29, 1.82) is 0 Å². The SMILES string of the molecule is OC1CC=C2CNCC(c3ccccc3)N3C(Cl)=CCC1=C23. The van der Waals surface area contributed by atoms with Crippen molar-refractivity contribution >= 4 is 11.6 Å². The highest BCUT2D eigenvalue weighted by atomic mass is 35.5. The average Bonchev–Trinajstić information content (AvgIpc) is 2.74. The van der Waals surface area contributed by atoms with Gasteiger partial charge in [0.15, 0.2) is 0 Å². The molecule has 0 aromatic heterocycles. The standard InChI is InChI=1S/C18H19ClN2O/c19-17-9-7-14-16(22)8-6-13-10-20-11-15(21(17)18(13)14)12-4-2-1-3-5-12/h1-6,9,15-16,20,22H,7-8,10-11H2. The fraction of sp³-hybridized carbons (Fsp3) is 0.333. The maximum Gasteiger partial charge on any atom is 0.106 e. The Morgan fingerprint density at radius 1 is 1.18 bits per heavy atom. The molecule has 0 bridgehead atoms. The van der Waals surface area contributed by atoms with Crippen molar-refractivity contribution in [3.05, 3.63) is 70.0 Å². The topological polar surface area (TPSA) is 35.5 Å². The molecule has 1 aromatic rings. The van der Waals surface area contributed by atoms with E-state index in [9.17, 15) is 5.11 Å². The molecule has 0 saturated carbocycles. The van der Waals surface area contributed by atoms with Crippen LogP contribution in [0.25, 0.3) is 0 Å². The summed E-state index contributed by atoms with van der Waals surface area (Å²) in [7, 11) is 0. The summed E-state index contributed by atoms with van der Waals surface area (Å²) in [6.07, 6.45) is 5.22. The van der Waals surface area contributed by atoms with Crippen LogP contribution in [0.2, 0.25) is 0 Å². The van der Waals surface area contributed by atoms with Gasteiger partial charge in [-0.1, -0.05) is 48.0 Å². The Bertz CT molecular complexity index is 678. The summed E-state index contributed by atoms with van der Waals surface area (Å²) in [4.78, 5) is 2.20. The van der Waals surface area contributed by atoms with Crippen molar-refractivity contribution in [3.63, 3.8) is 0 Å². The Morgan fingerprint density at radius 2 is 2.00 bits per heavy atom. The Kier molecular flexibility index (Phi) is 3.57. The number of aliphatic hydroxyl groups excluding tert-OH is 1. The minimum Gasteiger partial charge on any atom is -0.388 e. The molecule has 114 valence electrons. The van der Waals surface area contributed by atoms with Crippen molar-refractivity contribution in [2.45, 2.75) is 25.0 Å². The van der Waals surface area contributed by atoms with E-state index in [1.807, 2.05) is 12.1 Å². The van der Waals surface area contributed by atoms with Crippen molar-refractivity contribution in [2.75, 3.05) is 13.1 Å². The molecule has 0 spiro atoms. The number of aliphatic hydroxyl groups is 1. The van der Waals surface area contributed by atoms with Gasteiger partial charge < -0.3 is 15.3 Å². The second kappa shape index (κ2) is 5.58. The van der Waals surface area contributed by atoms with Gasteiger partial charge in [-0.2, -0.15) is 0 Å². The van der Waals surface area contributed by atoms with Crippen LogP contribution in [0.1, 0.15) is 24.4 Å². The first-order valence-corrected chi connectivity index (χ1v) is 8.14. The Labute approximate surface area is 135 Å². The second-order valence-corrected chi connectivity index (χ2v) is 6.40. The summed E-state index contributed by atoms with van der Waals surface area (Å²) in [5.74, 6) is 0. The van der Waals surface area contributed by atoms with E-state index < -0.39 is 6.10 Å². The van der Waals surface area contributed by atoms with Crippen LogP contribution in [0.5, 0.6) is 0 Å². The Balaban J connectivity index is 1.85. The van der Waals surface area contributed by atoms with Crippen LogP contribution >= 0.6 is 11.6 Å². The molecule has 3 aliphatic rings. The lowest BCUT2D eigenvalue weighted by Gasteiger charge is -2.39. The summed E-state index contributed by atoms with van der Waals surface area (Å²) in [5.41, 5.74) is 4.72. The number of nitrogens with zero attached hydrogens (tertiary/aromatic N) is 1. The molecule has 1 aliphatic carbocycles. The van der Waals surface area contributed by atoms with Gasteiger partial charge in [0.1, 0.15) is 5.16 Å². The lowest BCUT2D eigenvalue weighted by atomic mass is 9.88. The number of hydrogen-bond acceptors (Lipinski definition) is 3. The quantitative estimate of drug-likeness (QED) is 0.782. The zero-order chi connectivity index (χ0) is 15.1. The number of halogens is 1.